The van der Waals surface area contributed by atoms with Gasteiger partial charge in [0.1, 0.15) is 11.9 Å². The van der Waals surface area contributed by atoms with Crippen LogP contribution in [-0.2, 0) is 12.8 Å². The van der Waals surface area contributed by atoms with Gasteiger partial charge in [-0.3, -0.25) is 0 Å². The molecular weight excluding hydrogens is 234 g/mol. The Bertz CT molecular complexity index is 511. The van der Waals surface area contributed by atoms with Crippen LogP contribution >= 0.6 is 0 Å². The lowest BCUT2D eigenvalue weighted by Gasteiger charge is -2.25. The molecule has 0 N–H and O–H groups in total. The molecule has 3 rings (SSSR count). The van der Waals surface area contributed by atoms with Crippen molar-refractivity contribution in [1.29, 1.82) is 5.26 Å². The minimum absolute atomic E-state index is 0.630. The Morgan fingerprint density at radius 1 is 1.42 bits per heavy atom. The topological polar surface area (TPSA) is 39.9 Å². The standard InChI is InChI=1S/C16H21N3/c1-2-3-9-19(14-7-8-14)16-13(11-17)10-12-5-4-6-15(12)18-16/h10,14H,2-9H2,1H3. The van der Waals surface area contributed by atoms with Gasteiger partial charge in [-0.1, -0.05) is 13.3 Å². The number of hydrogen-bond donors (Lipinski definition) is 0. The van der Waals surface area contributed by atoms with Gasteiger partial charge in [0.2, 0.25) is 0 Å². The summed E-state index contributed by atoms with van der Waals surface area (Å²) in [5, 5.41) is 9.41. The molecule has 3 nitrogen and oxygen atoms in total. The first-order valence-electron chi connectivity index (χ1n) is 7.53. The van der Waals surface area contributed by atoms with E-state index in [9.17, 15) is 5.26 Å². The zero-order valence-electron chi connectivity index (χ0n) is 11.7. The highest BCUT2D eigenvalue weighted by molar-refractivity contribution is 5.58. The molecule has 1 aromatic rings. The highest BCUT2D eigenvalue weighted by Gasteiger charge is 2.31. The SMILES string of the molecule is CCCCN(c1nc2c(cc1C#N)CCC2)C1CC1. The molecule has 1 aromatic heterocycles. The molecule has 0 saturated heterocycles. The smallest absolute Gasteiger partial charge is 0.147 e. The van der Waals surface area contributed by atoms with E-state index in [2.05, 4.69) is 24.0 Å². The van der Waals surface area contributed by atoms with Gasteiger partial charge in [-0.15, -0.1) is 0 Å². The van der Waals surface area contributed by atoms with Crippen molar-refractivity contribution in [1.82, 2.24) is 4.98 Å². The first-order chi connectivity index (χ1) is 9.33. The summed E-state index contributed by atoms with van der Waals surface area (Å²) in [6.45, 7) is 3.26. The van der Waals surface area contributed by atoms with E-state index in [1.54, 1.807) is 0 Å². The molecule has 2 aliphatic rings. The number of fused-ring (bicyclic) bond motifs is 1. The molecule has 0 aromatic carbocycles. The zero-order valence-corrected chi connectivity index (χ0v) is 11.7. The second-order valence-corrected chi connectivity index (χ2v) is 5.71. The molecular formula is C16H21N3. The van der Waals surface area contributed by atoms with Crippen LogP contribution in [0.2, 0.25) is 0 Å². The third kappa shape index (κ3) is 2.45. The first-order valence-corrected chi connectivity index (χ1v) is 7.53. The van der Waals surface area contributed by atoms with Gasteiger partial charge in [-0.05, 0) is 50.2 Å². The predicted molar refractivity (Wildman–Crippen MR) is 76.3 cm³/mol. The maximum absolute atomic E-state index is 9.41. The molecule has 0 aliphatic heterocycles. The Labute approximate surface area is 115 Å². The Hall–Kier alpha value is -1.56. The Morgan fingerprint density at radius 2 is 2.26 bits per heavy atom. The summed E-state index contributed by atoms with van der Waals surface area (Å²) < 4.78 is 0. The maximum atomic E-state index is 9.41. The summed E-state index contributed by atoms with van der Waals surface area (Å²) in [7, 11) is 0. The van der Waals surface area contributed by atoms with Crippen molar-refractivity contribution < 1.29 is 0 Å². The third-order valence-electron chi connectivity index (χ3n) is 4.16. The monoisotopic (exact) mass is 255 g/mol. The van der Waals surface area contributed by atoms with Crippen LogP contribution in [0.5, 0.6) is 0 Å². The number of pyridine rings is 1. The van der Waals surface area contributed by atoms with Crippen LogP contribution in [-0.4, -0.2) is 17.6 Å². The van der Waals surface area contributed by atoms with E-state index in [-0.39, 0.29) is 0 Å². The Morgan fingerprint density at radius 3 is 2.95 bits per heavy atom. The lowest BCUT2D eigenvalue weighted by Crippen LogP contribution is -2.29. The summed E-state index contributed by atoms with van der Waals surface area (Å²) in [6, 6.07) is 5.08. The number of nitriles is 1. The van der Waals surface area contributed by atoms with Crippen LogP contribution in [0.1, 0.15) is 55.8 Å². The van der Waals surface area contributed by atoms with Crippen LogP contribution in [0.4, 0.5) is 5.82 Å². The fraction of sp³-hybridized carbons (Fsp3) is 0.625. The zero-order chi connectivity index (χ0) is 13.2. The number of aromatic nitrogens is 1. The van der Waals surface area contributed by atoms with E-state index in [1.165, 1.54) is 43.4 Å². The molecule has 0 unspecified atom stereocenters. The summed E-state index contributed by atoms with van der Waals surface area (Å²) in [4.78, 5) is 7.23. The number of nitrogens with zero attached hydrogens (tertiary/aromatic N) is 3. The van der Waals surface area contributed by atoms with Crippen LogP contribution in [0, 0.1) is 11.3 Å². The molecule has 19 heavy (non-hydrogen) atoms. The van der Waals surface area contributed by atoms with Crippen molar-refractivity contribution in [3.63, 3.8) is 0 Å². The Kier molecular flexibility index (Phi) is 3.42. The number of anilines is 1. The van der Waals surface area contributed by atoms with Gasteiger partial charge < -0.3 is 4.90 Å². The summed E-state index contributed by atoms with van der Waals surface area (Å²) in [5.74, 6) is 0.958. The van der Waals surface area contributed by atoms with Gasteiger partial charge in [0.05, 0.1) is 5.56 Å². The van der Waals surface area contributed by atoms with Crippen molar-refractivity contribution in [3.05, 3.63) is 22.9 Å². The minimum atomic E-state index is 0.630. The van der Waals surface area contributed by atoms with Gasteiger partial charge in [-0.25, -0.2) is 4.98 Å². The fourth-order valence-corrected chi connectivity index (χ4v) is 2.94. The first kappa shape index (κ1) is 12.5. The van der Waals surface area contributed by atoms with Crippen molar-refractivity contribution in [2.75, 3.05) is 11.4 Å². The van der Waals surface area contributed by atoms with Crippen LogP contribution < -0.4 is 4.90 Å². The van der Waals surface area contributed by atoms with Crippen molar-refractivity contribution in [3.8, 4) is 6.07 Å². The number of hydrogen-bond acceptors (Lipinski definition) is 3. The van der Waals surface area contributed by atoms with E-state index in [0.29, 0.717) is 6.04 Å². The minimum Gasteiger partial charge on any atom is -0.353 e. The molecule has 0 bridgehead atoms. The molecule has 0 spiro atoms. The predicted octanol–water partition coefficient (Wildman–Crippen LogP) is 3.21. The number of unbranched alkanes of at least 4 members (excludes halogenated alkanes) is 1. The van der Waals surface area contributed by atoms with Gasteiger partial charge in [0.25, 0.3) is 0 Å². The molecule has 1 fully saturated rings. The van der Waals surface area contributed by atoms with Crippen LogP contribution in [0.25, 0.3) is 0 Å². The van der Waals surface area contributed by atoms with E-state index in [1.807, 2.05) is 0 Å². The van der Waals surface area contributed by atoms with E-state index in [0.717, 1.165) is 30.8 Å². The van der Waals surface area contributed by atoms with E-state index < -0.39 is 0 Å². The lowest BCUT2D eigenvalue weighted by atomic mass is 10.1. The molecule has 2 aliphatic carbocycles. The molecule has 1 saturated carbocycles. The summed E-state index contributed by atoms with van der Waals surface area (Å²) in [5.41, 5.74) is 3.31. The van der Waals surface area contributed by atoms with Crippen molar-refractivity contribution in [2.45, 2.75) is 57.9 Å². The second kappa shape index (κ2) is 5.21. The second-order valence-electron chi connectivity index (χ2n) is 5.71. The number of rotatable bonds is 5. The van der Waals surface area contributed by atoms with Gasteiger partial charge >= 0.3 is 0 Å². The highest BCUT2D eigenvalue weighted by atomic mass is 15.2. The van der Waals surface area contributed by atoms with Gasteiger partial charge in [0, 0.05) is 18.3 Å². The van der Waals surface area contributed by atoms with Crippen LogP contribution in [0.3, 0.4) is 0 Å². The molecule has 3 heteroatoms. The Balaban J connectivity index is 1.95. The summed E-state index contributed by atoms with van der Waals surface area (Å²) >= 11 is 0. The summed E-state index contributed by atoms with van der Waals surface area (Å²) in [6.07, 6.45) is 8.25. The number of aryl methyl sites for hydroxylation is 2. The maximum Gasteiger partial charge on any atom is 0.147 e. The largest absolute Gasteiger partial charge is 0.353 e. The van der Waals surface area contributed by atoms with Crippen molar-refractivity contribution in [2.24, 2.45) is 0 Å². The average Bonchev–Trinajstić information content (AvgIpc) is 3.16. The highest BCUT2D eigenvalue weighted by Crippen LogP contribution is 2.34. The fourth-order valence-electron chi connectivity index (χ4n) is 2.94. The molecule has 0 amide bonds. The molecule has 100 valence electrons. The lowest BCUT2D eigenvalue weighted by molar-refractivity contribution is 0.702. The average molecular weight is 255 g/mol. The molecule has 0 radical (unpaired) electrons. The quantitative estimate of drug-likeness (QED) is 0.811. The normalized spacial score (nSPS) is 17.1. The van der Waals surface area contributed by atoms with Crippen LogP contribution in [0.15, 0.2) is 6.07 Å². The van der Waals surface area contributed by atoms with E-state index in [4.69, 9.17) is 4.98 Å². The third-order valence-corrected chi connectivity index (χ3v) is 4.16. The van der Waals surface area contributed by atoms with Gasteiger partial charge in [0.15, 0.2) is 0 Å². The van der Waals surface area contributed by atoms with E-state index >= 15 is 0 Å². The van der Waals surface area contributed by atoms with Crippen molar-refractivity contribution >= 4 is 5.82 Å². The molecule has 1 heterocycles. The molecule has 0 atom stereocenters. The van der Waals surface area contributed by atoms with Gasteiger partial charge in [-0.2, -0.15) is 5.26 Å².